The highest BCUT2D eigenvalue weighted by Gasteiger charge is 2.10. The fourth-order valence-electron chi connectivity index (χ4n) is 2.17. The van der Waals surface area contributed by atoms with E-state index in [9.17, 15) is 0 Å². The maximum Gasteiger partial charge on any atom is 0.105 e. The van der Waals surface area contributed by atoms with Crippen molar-refractivity contribution < 1.29 is 4.42 Å². The van der Waals surface area contributed by atoms with Crippen molar-refractivity contribution >= 4 is 17.3 Å². The third-order valence-electron chi connectivity index (χ3n) is 3.19. The van der Waals surface area contributed by atoms with Crippen LogP contribution >= 0.6 is 11.6 Å². The first-order valence-corrected chi connectivity index (χ1v) is 6.66. The number of aryl methyl sites for hydroxylation is 1. The molecule has 0 atom stereocenters. The summed E-state index contributed by atoms with van der Waals surface area (Å²) in [6.07, 6.45) is 1.73. The molecule has 0 aliphatic heterocycles. The summed E-state index contributed by atoms with van der Waals surface area (Å²) >= 11 is 6.06. The molecule has 1 N–H and O–H groups in total. The summed E-state index contributed by atoms with van der Waals surface area (Å²) < 4.78 is 5.34. The van der Waals surface area contributed by atoms with E-state index in [2.05, 4.69) is 23.3 Å². The van der Waals surface area contributed by atoms with Crippen LogP contribution in [0.5, 0.6) is 0 Å². The topological polar surface area (TPSA) is 28.4 Å². The van der Waals surface area contributed by atoms with E-state index in [0.29, 0.717) is 0 Å². The van der Waals surface area contributed by atoms with Crippen LogP contribution in [0.3, 0.4) is 0 Å². The Balaban J connectivity index is 2.23. The van der Waals surface area contributed by atoms with Crippen LogP contribution in [0.25, 0.3) is 0 Å². The molecule has 1 aromatic carbocycles. The molecular weight excluding hydrogens is 260 g/mol. The minimum atomic E-state index is 0.766. The van der Waals surface area contributed by atoms with Gasteiger partial charge in [-0.05, 0) is 43.8 Å². The van der Waals surface area contributed by atoms with Crippen LogP contribution in [0.1, 0.15) is 16.9 Å². The second-order valence-corrected chi connectivity index (χ2v) is 5.10. The Hall–Kier alpha value is -1.45. The molecule has 0 fully saturated rings. The van der Waals surface area contributed by atoms with Gasteiger partial charge in [0, 0.05) is 36.4 Å². The van der Waals surface area contributed by atoms with Gasteiger partial charge >= 0.3 is 0 Å². The van der Waals surface area contributed by atoms with Crippen LogP contribution in [-0.4, -0.2) is 14.1 Å². The molecule has 0 saturated carbocycles. The van der Waals surface area contributed by atoms with Gasteiger partial charge in [0.15, 0.2) is 0 Å². The van der Waals surface area contributed by atoms with Crippen molar-refractivity contribution in [2.75, 3.05) is 19.0 Å². The molecule has 19 heavy (non-hydrogen) atoms. The molecule has 3 nitrogen and oxygen atoms in total. The summed E-state index contributed by atoms with van der Waals surface area (Å²) in [4.78, 5) is 2.21. The normalized spacial score (nSPS) is 10.7. The van der Waals surface area contributed by atoms with Gasteiger partial charge in [-0.25, -0.2) is 0 Å². The third kappa shape index (κ3) is 3.31. The molecule has 102 valence electrons. The van der Waals surface area contributed by atoms with Crippen LogP contribution < -0.4 is 10.2 Å². The second-order valence-electron chi connectivity index (χ2n) is 4.66. The largest absolute Gasteiger partial charge is 0.469 e. The van der Waals surface area contributed by atoms with E-state index < -0.39 is 0 Å². The maximum absolute atomic E-state index is 6.06. The van der Waals surface area contributed by atoms with Gasteiger partial charge in [-0.3, -0.25) is 0 Å². The molecule has 0 bridgehead atoms. The van der Waals surface area contributed by atoms with E-state index in [-0.39, 0.29) is 0 Å². The van der Waals surface area contributed by atoms with Gasteiger partial charge in [0.05, 0.1) is 6.26 Å². The summed E-state index contributed by atoms with van der Waals surface area (Å²) in [7, 11) is 4.01. The van der Waals surface area contributed by atoms with Crippen molar-refractivity contribution in [2.24, 2.45) is 0 Å². The molecule has 0 saturated heterocycles. The Bertz CT molecular complexity index is 551. The Morgan fingerprint density at radius 3 is 2.68 bits per heavy atom. The molecule has 0 radical (unpaired) electrons. The first kappa shape index (κ1) is 14.0. The smallest absolute Gasteiger partial charge is 0.105 e. The lowest BCUT2D eigenvalue weighted by Gasteiger charge is -2.22. The quantitative estimate of drug-likeness (QED) is 0.906. The molecule has 1 heterocycles. The fourth-order valence-corrected chi connectivity index (χ4v) is 2.37. The predicted molar refractivity (Wildman–Crippen MR) is 79.8 cm³/mol. The standard InChI is InChI=1S/C15H19ClN2O/c1-11-12(6-7-19-11)10-18(3)15-5-4-14(16)8-13(15)9-17-2/h4-8,17H,9-10H2,1-3H3. The second kappa shape index (κ2) is 6.13. The average molecular weight is 279 g/mol. The Morgan fingerprint density at radius 1 is 1.26 bits per heavy atom. The molecule has 0 unspecified atom stereocenters. The fraction of sp³-hybridized carbons (Fsp3) is 0.333. The molecule has 0 aliphatic rings. The molecule has 4 heteroatoms. The van der Waals surface area contributed by atoms with Crippen molar-refractivity contribution in [1.29, 1.82) is 0 Å². The highest BCUT2D eigenvalue weighted by atomic mass is 35.5. The monoisotopic (exact) mass is 278 g/mol. The van der Waals surface area contributed by atoms with Crippen molar-refractivity contribution in [1.82, 2.24) is 5.32 Å². The first-order valence-electron chi connectivity index (χ1n) is 6.29. The number of nitrogens with one attached hydrogen (secondary N) is 1. The van der Waals surface area contributed by atoms with Gasteiger partial charge in [0.25, 0.3) is 0 Å². The van der Waals surface area contributed by atoms with E-state index in [4.69, 9.17) is 16.0 Å². The number of rotatable bonds is 5. The van der Waals surface area contributed by atoms with Crippen LogP contribution in [-0.2, 0) is 13.1 Å². The lowest BCUT2D eigenvalue weighted by atomic mass is 10.1. The van der Waals surface area contributed by atoms with E-state index >= 15 is 0 Å². The molecule has 2 aromatic rings. The first-order chi connectivity index (χ1) is 9.11. The Kier molecular flexibility index (Phi) is 4.51. The minimum absolute atomic E-state index is 0.766. The van der Waals surface area contributed by atoms with Crippen LogP contribution in [0.2, 0.25) is 5.02 Å². The van der Waals surface area contributed by atoms with Gasteiger partial charge in [-0.1, -0.05) is 11.6 Å². The van der Waals surface area contributed by atoms with E-state index in [0.717, 1.165) is 23.9 Å². The maximum atomic E-state index is 6.06. The van der Waals surface area contributed by atoms with E-state index in [1.54, 1.807) is 6.26 Å². The number of furan rings is 1. The highest BCUT2D eigenvalue weighted by Crippen LogP contribution is 2.25. The van der Waals surface area contributed by atoms with Gasteiger partial charge in [0.2, 0.25) is 0 Å². The number of halogens is 1. The molecular formula is C15H19ClN2O. The van der Waals surface area contributed by atoms with Crippen LogP contribution in [0, 0.1) is 6.92 Å². The summed E-state index contributed by atoms with van der Waals surface area (Å²) in [5.74, 6) is 0.969. The number of nitrogens with zero attached hydrogens (tertiary/aromatic N) is 1. The predicted octanol–water partition coefficient (Wildman–Crippen LogP) is 3.60. The van der Waals surface area contributed by atoms with Crippen LogP contribution in [0.15, 0.2) is 34.9 Å². The SMILES string of the molecule is CNCc1cc(Cl)ccc1N(C)Cc1ccoc1C. The number of hydrogen-bond donors (Lipinski definition) is 1. The Morgan fingerprint density at radius 2 is 2.05 bits per heavy atom. The molecule has 2 rings (SSSR count). The van der Waals surface area contributed by atoms with Crippen molar-refractivity contribution in [3.63, 3.8) is 0 Å². The zero-order valence-electron chi connectivity index (χ0n) is 11.5. The lowest BCUT2D eigenvalue weighted by Crippen LogP contribution is -2.19. The summed E-state index contributed by atoms with van der Waals surface area (Å²) in [6.45, 7) is 3.60. The zero-order chi connectivity index (χ0) is 13.8. The highest BCUT2D eigenvalue weighted by molar-refractivity contribution is 6.30. The molecule has 0 aliphatic carbocycles. The molecule has 0 amide bonds. The van der Waals surface area contributed by atoms with Gasteiger partial charge in [-0.2, -0.15) is 0 Å². The number of hydrogen-bond acceptors (Lipinski definition) is 3. The Labute approximate surface area is 119 Å². The lowest BCUT2D eigenvalue weighted by molar-refractivity contribution is 0.529. The molecule has 1 aromatic heterocycles. The van der Waals surface area contributed by atoms with E-state index in [1.165, 1.54) is 16.8 Å². The average Bonchev–Trinajstić information content (AvgIpc) is 2.75. The minimum Gasteiger partial charge on any atom is -0.469 e. The number of benzene rings is 1. The zero-order valence-corrected chi connectivity index (χ0v) is 12.3. The van der Waals surface area contributed by atoms with Crippen molar-refractivity contribution in [2.45, 2.75) is 20.0 Å². The molecule has 0 spiro atoms. The summed E-state index contributed by atoms with van der Waals surface area (Å²) in [6, 6.07) is 8.00. The van der Waals surface area contributed by atoms with Gasteiger partial charge < -0.3 is 14.6 Å². The van der Waals surface area contributed by atoms with E-state index in [1.807, 2.05) is 32.2 Å². The summed E-state index contributed by atoms with van der Waals surface area (Å²) in [5.41, 5.74) is 3.57. The van der Waals surface area contributed by atoms with Crippen molar-refractivity contribution in [3.8, 4) is 0 Å². The van der Waals surface area contributed by atoms with Crippen LogP contribution in [0.4, 0.5) is 5.69 Å². The third-order valence-corrected chi connectivity index (χ3v) is 3.43. The van der Waals surface area contributed by atoms with Gasteiger partial charge in [0.1, 0.15) is 5.76 Å². The van der Waals surface area contributed by atoms with Gasteiger partial charge in [-0.15, -0.1) is 0 Å². The number of anilines is 1. The summed E-state index contributed by atoms with van der Waals surface area (Å²) in [5, 5.41) is 3.94. The van der Waals surface area contributed by atoms with Crippen molar-refractivity contribution in [3.05, 3.63) is 52.4 Å².